The van der Waals surface area contributed by atoms with E-state index in [2.05, 4.69) is 10.3 Å². The number of halogens is 1. The summed E-state index contributed by atoms with van der Waals surface area (Å²) in [5.74, 6) is -0.0525. The molecule has 0 spiro atoms. The number of carbonyl (C=O) groups is 1. The molecule has 0 unspecified atom stereocenters. The summed E-state index contributed by atoms with van der Waals surface area (Å²) < 4.78 is 0. The number of amides is 1. The molecule has 0 saturated carbocycles. The lowest BCUT2D eigenvalue weighted by Crippen LogP contribution is -2.13. The number of benzene rings is 1. The SMILES string of the molecule is N#Cc1ccc(Cl)cc1NC(=O)c1ccc(N)nc1. The van der Waals surface area contributed by atoms with Crippen LogP contribution in [-0.4, -0.2) is 10.9 Å². The van der Waals surface area contributed by atoms with Gasteiger partial charge in [-0.15, -0.1) is 0 Å². The predicted octanol–water partition coefficient (Wildman–Crippen LogP) is 2.44. The van der Waals surface area contributed by atoms with Gasteiger partial charge in [-0.25, -0.2) is 4.98 Å². The maximum Gasteiger partial charge on any atom is 0.257 e. The largest absolute Gasteiger partial charge is 0.384 e. The molecule has 0 aliphatic rings. The second-order valence-corrected chi connectivity index (χ2v) is 4.16. The fourth-order valence-corrected chi connectivity index (χ4v) is 1.62. The molecule has 0 saturated heterocycles. The molecule has 3 N–H and O–H groups in total. The Labute approximate surface area is 114 Å². The number of nitrogen functional groups attached to an aromatic ring is 1. The highest BCUT2D eigenvalue weighted by atomic mass is 35.5. The van der Waals surface area contributed by atoms with E-state index in [0.29, 0.717) is 27.7 Å². The predicted molar refractivity (Wildman–Crippen MR) is 72.8 cm³/mol. The number of hydrogen-bond acceptors (Lipinski definition) is 4. The number of nitrogens with two attached hydrogens (primary N) is 1. The number of carbonyl (C=O) groups excluding carboxylic acids is 1. The van der Waals surface area contributed by atoms with Gasteiger partial charge in [-0.05, 0) is 30.3 Å². The van der Waals surface area contributed by atoms with Crippen LogP contribution in [0, 0.1) is 11.3 Å². The Morgan fingerprint density at radius 2 is 2.16 bits per heavy atom. The lowest BCUT2D eigenvalue weighted by Gasteiger charge is -2.07. The zero-order chi connectivity index (χ0) is 13.8. The fraction of sp³-hybridized carbons (Fsp3) is 0. The van der Waals surface area contributed by atoms with Gasteiger partial charge in [0.25, 0.3) is 5.91 Å². The quantitative estimate of drug-likeness (QED) is 0.878. The summed E-state index contributed by atoms with van der Waals surface area (Å²) in [7, 11) is 0. The number of aromatic nitrogens is 1. The topological polar surface area (TPSA) is 91.8 Å². The van der Waals surface area contributed by atoms with E-state index in [1.165, 1.54) is 18.3 Å². The molecule has 94 valence electrons. The number of rotatable bonds is 2. The zero-order valence-corrected chi connectivity index (χ0v) is 10.5. The van der Waals surface area contributed by atoms with E-state index in [1.807, 2.05) is 6.07 Å². The summed E-state index contributed by atoms with van der Waals surface area (Å²) in [4.78, 5) is 15.8. The molecule has 2 aromatic rings. The van der Waals surface area contributed by atoms with Crippen molar-refractivity contribution in [2.75, 3.05) is 11.1 Å². The van der Waals surface area contributed by atoms with Crippen molar-refractivity contribution in [2.45, 2.75) is 0 Å². The second kappa shape index (κ2) is 5.38. The maximum atomic E-state index is 12.0. The Kier molecular flexibility index (Phi) is 3.64. The first-order valence-electron chi connectivity index (χ1n) is 5.32. The van der Waals surface area contributed by atoms with Crippen LogP contribution in [-0.2, 0) is 0 Å². The molecule has 0 aliphatic heterocycles. The molecule has 0 atom stereocenters. The van der Waals surface area contributed by atoms with E-state index >= 15 is 0 Å². The van der Waals surface area contributed by atoms with Crippen LogP contribution in [0.25, 0.3) is 0 Å². The van der Waals surface area contributed by atoms with Crippen molar-refractivity contribution in [3.63, 3.8) is 0 Å². The highest BCUT2D eigenvalue weighted by Gasteiger charge is 2.10. The average Bonchev–Trinajstić information content (AvgIpc) is 2.39. The molecule has 5 nitrogen and oxygen atoms in total. The zero-order valence-electron chi connectivity index (χ0n) is 9.72. The molecule has 0 fully saturated rings. The minimum Gasteiger partial charge on any atom is -0.384 e. The summed E-state index contributed by atoms with van der Waals surface area (Å²) in [6.45, 7) is 0. The average molecular weight is 273 g/mol. The van der Waals surface area contributed by atoms with Gasteiger partial charge in [-0.2, -0.15) is 5.26 Å². The maximum absolute atomic E-state index is 12.0. The number of hydrogen-bond donors (Lipinski definition) is 2. The van der Waals surface area contributed by atoms with Crippen LogP contribution in [0.1, 0.15) is 15.9 Å². The van der Waals surface area contributed by atoms with E-state index in [9.17, 15) is 4.79 Å². The second-order valence-electron chi connectivity index (χ2n) is 3.73. The van der Waals surface area contributed by atoms with E-state index in [4.69, 9.17) is 22.6 Å². The minimum atomic E-state index is -0.383. The molecule has 1 aromatic carbocycles. The van der Waals surface area contributed by atoms with E-state index < -0.39 is 0 Å². The smallest absolute Gasteiger partial charge is 0.257 e. The molecule has 0 bridgehead atoms. The molecule has 6 heteroatoms. The van der Waals surface area contributed by atoms with Gasteiger partial charge >= 0.3 is 0 Å². The Morgan fingerprint density at radius 1 is 1.37 bits per heavy atom. The van der Waals surface area contributed by atoms with Crippen LogP contribution in [0.5, 0.6) is 0 Å². The van der Waals surface area contributed by atoms with Crippen molar-refractivity contribution in [3.05, 3.63) is 52.7 Å². The highest BCUT2D eigenvalue weighted by Crippen LogP contribution is 2.21. The van der Waals surface area contributed by atoms with Gasteiger partial charge < -0.3 is 11.1 Å². The molecular weight excluding hydrogens is 264 g/mol. The van der Waals surface area contributed by atoms with Crippen molar-refractivity contribution in [2.24, 2.45) is 0 Å². The van der Waals surface area contributed by atoms with Crippen molar-refractivity contribution >= 4 is 29.0 Å². The van der Waals surface area contributed by atoms with Crippen molar-refractivity contribution in [1.29, 1.82) is 5.26 Å². The number of nitriles is 1. The molecule has 19 heavy (non-hydrogen) atoms. The first-order valence-corrected chi connectivity index (χ1v) is 5.70. The summed E-state index contributed by atoms with van der Waals surface area (Å²) in [5.41, 5.74) is 6.48. The number of nitrogens with zero attached hydrogens (tertiary/aromatic N) is 2. The van der Waals surface area contributed by atoms with Gasteiger partial charge in [-0.3, -0.25) is 4.79 Å². The van der Waals surface area contributed by atoms with Crippen LogP contribution in [0.3, 0.4) is 0 Å². The molecule has 1 aromatic heterocycles. The fourth-order valence-electron chi connectivity index (χ4n) is 1.45. The molecule has 0 radical (unpaired) electrons. The summed E-state index contributed by atoms with van der Waals surface area (Å²) in [5, 5.41) is 12.0. The first kappa shape index (κ1) is 12.9. The third-order valence-electron chi connectivity index (χ3n) is 2.40. The summed E-state index contributed by atoms with van der Waals surface area (Å²) >= 11 is 5.83. The lowest BCUT2D eigenvalue weighted by molar-refractivity contribution is 0.102. The molecular formula is C13H9ClN4O. The summed E-state index contributed by atoms with van der Waals surface area (Å²) in [6, 6.07) is 9.70. The van der Waals surface area contributed by atoms with Gasteiger partial charge in [0.1, 0.15) is 11.9 Å². The minimum absolute atomic E-state index is 0.331. The third kappa shape index (κ3) is 3.00. The standard InChI is InChI=1S/C13H9ClN4O/c14-10-3-1-8(6-15)11(5-10)18-13(19)9-2-4-12(16)17-7-9/h1-5,7H,(H2,16,17)(H,18,19). The van der Waals surface area contributed by atoms with Crippen LogP contribution < -0.4 is 11.1 Å². The van der Waals surface area contributed by atoms with Crippen molar-refractivity contribution < 1.29 is 4.79 Å². The van der Waals surface area contributed by atoms with Gasteiger partial charge in [0, 0.05) is 11.2 Å². The van der Waals surface area contributed by atoms with Gasteiger partial charge in [0.15, 0.2) is 0 Å². The van der Waals surface area contributed by atoms with Crippen molar-refractivity contribution in [3.8, 4) is 6.07 Å². The number of pyridine rings is 1. The van der Waals surface area contributed by atoms with Crippen LogP contribution >= 0.6 is 11.6 Å². The van der Waals surface area contributed by atoms with Gasteiger partial charge in [0.2, 0.25) is 0 Å². The monoisotopic (exact) mass is 272 g/mol. The normalized spacial score (nSPS) is 9.68. The molecule has 2 rings (SSSR count). The van der Waals surface area contributed by atoms with Crippen molar-refractivity contribution in [1.82, 2.24) is 4.98 Å². The summed E-state index contributed by atoms with van der Waals surface area (Å²) in [6.07, 6.45) is 1.36. The Balaban J connectivity index is 2.26. The van der Waals surface area contributed by atoms with Crippen LogP contribution in [0.4, 0.5) is 11.5 Å². The molecule has 0 aliphatic carbocycles. The van der Waals surface area contributed by atoms with E-state index in [0.717, 1.165) is 0 Å². The van der Waals surface area contributed by atoms with Gasteiger partial charge in [0.05, 0.1) is 16.8 Å². The third-order valence-corrected chi connectivity index (χ3v) is 2.63. The molecule has 1 amide bonds. The Morgan fingerprint density at radius 3 is 2.79 bits per heavy atom. The number of anilines is 2. The Hall–Kier alpha value is -2.58. The highest BCUT2D eigenvalue weighted by molar-refractivity contribution is 6.31. The molecule has 1 heterocycles. The Bertz CT molecular complexity index is 661. The number of nitrogens with one attached hydrogen (secondary N) is 1. The van der Waals surface area contributed by atoms with Crippen LogP contribution in [0.15, 0.2) is 36.5 Å². The van der Waals surface area contributed by atoms with E-state index in [-0.39, 0.29) is 5.91 Å². The van der Waals surface area contributed by atoms with Gasteiger partial charge in [-0.1, -0.05) is 11.6 Å². The lowest BCUT2D eigenvalue weighted by atomic mass is 10.2. The van der Waals surface area contributed by atoms with E-state index in [1.54, 1.807) is 18.2 Å². The van der Waals surface area contributed by atoms with Crippen LogP contribution in [0.2, 0.25) is 5.02 Å². The first-order chi connectivity index (χ1) is 9.10.